The van der Waals surface area contributed by atoms with E-state index in [4.69, 9.17) is 16.9 Å². The van der Waals surface area contributed by atoms with Crippen molar-refractivity contribution in [2.24, 2.45) is 11.8 Å². The van der Waals surface area contributed by atoms with Crippen molar-refractivity contribution in [3.05, 3.63) is 34.6 Å². The van der Waals surface area contributed by atoms with Crippen molar-refractivity contribution >= 4 is 17.4 Å². The average molecular weight is 266 g/mol. The zero-order valence-corrected chi connectivity index (χ0v) is 10.7. The molecule has 0 aliphatic heterocycles. The molecule has 1 aromatic carbocycles. The van der Waals surface area contributed by atoms with Crippen LogP contribution in [0.4, 0.5) is 4.39 Å². The lowest BCUT2D eigenvalue weighted by atomic mass is 9.86. The molecule has 0 amide bonds. The number of rotatable bonds is 4. The first-order valence-corrected chi connectivity index (χ1v) is 6.31. The van der Waals surface area contributed by atoms with Crippen LogP contribution in [0.25, 0.3) is 0 Å². The van der Waals surface area contributed by atoms with E-state index < -0.39 is 11.7 Å². The van der Waals surface area contributed by atoms with Gasteiger partial charge in [0.25, 0.3) is 0 Å². The third kappa shape index (κ3) is 2.39. The maximum Gasteiger partial charge on any atom is 0.157 e. The van der Waals surface area contributed by atoms with Crippen LogP contribution in [-0.2, 0) is 4.79 Å². The highest BCUT2D eigenvalue weighted by Crippen LogP contribution is 2.39. The summed E-state index contributed by atoms with van der Waals surface area (Å²) in [4.78, 5) is 12.2. The molecule has 2 nitrogen and oxygen atoms in total. The Balaban J connectivity index is 2.30. The molecule has 0 spiro atoms. The lowest BCUT2D eigenvalue weighted by Gasteiger charge is -2.15. The van der Waals surface area contributed by atoms with E-state index in [0.29, 0.717) is 5.92 Å². The Morgan fingerprint density at radius 1 is 1.56 bits per heavy atom. The van der Waals surface area contributed by atoms with Crippen molar-refractivity contribution in [1.29, 1.82) is 5.26 Å². The Bertz CT molecular complexity index is 519. The van der Waals surface area contributed by atoms with Gasteiger partial charge >= 0.3 is 0 Å². The van der Waals surface area contributed by atoms with Crippen LogP contribution in [0.5, 0.6) is 0 Å². The summed E-state index contributed by atoms with van der Waals surface area (Å²) in [6.07, 6.45) is 2.03. The molecule has 1 aliphatic carbocycles. The number of carbonyl (C=O) groups excluding carboxylic acids is 1. The second-order valence-electron chi connectivity index (χ2n) is 4.73. The summed E-state index contributed by atoms with van der Waals surface area (Å²) in [5.74, 6) is -1.76. The average Bonchev–Trinajstić information content (AvgIpc) is 3.18. The third-order valence-electron chi connectivity index (χ3n) is 3.48. The molecule has 0 saturated heterocycles. The molecule has 0 N–H and O–H groups in total. The van der Waals surface area contributed by atoms with E-state index >= 15 is 0 Å². The lowest BCUT2D eigenvalue weighted by Crippen LogP contribution is -2.21. The molecule has 1 fully saturated rings. The number of ketones is 1. The van der Waals surface area contributed by atoms with Gasteiger partial charge in [0, 0.05) is 11.5 Å². The summed E-state index contributed by atoms with van der Waals surface area (Å²) >= 11 is 5.68. The van der Waals surface area contributed by atoms with E-state index in [1.165, 1.54) is 12.1 Å². The van der Waals surface area contributed by atoms with Crippen molar-refractivity contribution in [1.82, 2.24) is 0 Å². The number of hydrogen-bond acceptors (Lipinski definition) is 2. The molecule has 0 aromatic heterocycles. The maximum absolute atomic E-state index is 13.8. The van der Waals surface area contributed by atoms with Crippen molar-refractivity contribution < 1.29 is 9.18 Å². The fourth-order valence-corrected chi connectivity index (χ4v) is 2.30. The Kier molecular flexibility index (Phi) is 3.68. The van der Waals surface area contributed by atoms with Gasteiger partial charge < -0.3 is 0 Å². The van der Waals surface area contributed by atoms with Gasteiger partial charge in [0.2, 0.25) is 0 Å². The molecule has 2 rings (SSSR count). The Morgan fingerprint density at radius 2 is 2.22 bits per heavy atom. The smallest absolute Gasteiger partial charge is 0.157 e. The number of carbonyl (C=O) groups is 1. The maximum atomic E-state index is 13.8. The number of hydrogen-bond donors (Lipinski definition) is 0. The van der Waals surface area contributed by atoms with Crippen LogP contribution in [0.3, 0.4) is 0 Å². The number of benzene rings is 1. The molecule has 0 radical (unpaired) electrons. The van der Waals surface area contributed by atoms with Crippen LogP contribution in [0.1, 0.15) is 31.2 Å². The summed E-state index contributed by atoms with van der Waals surface area (Å²) in [5.41, 5.74) is 0.0856. The van der Waals surface area contributed by atoms with E-state index in [9.17, 15) is 9.18 Å². The SMILES string of the molecule is CC(C(=O)C(C#N)c1cccc(Cl)c1F)C1CC1. The third-order valence-corrected chi connectivity index (χ3v) is 3.78. The number of Topliss-reactive ketones (excluding diaryl/α,β-unsaturated/α-hetero) is 1. The van der Waals surface area contributed by atoms with Crippen LogP contribution in [-0.4, -0.2) is 5.78 Å². The van der Waals surface area contributed by atoms with Gasteiger partial charge in [0.1, 0.15) is 11.7 Å². The van der Waals surface area contributed by atoms with Crippen LogP contribution < -0.4 is 0 Å². The van der Waals surface area contributed by atoms with E-state index in [-0.39, 0.29) is 22.3 Å². The van der Waals surface area contributed by atoms with Gasteiger partial charge in [-0.3, -0.25) is 4.79 Å². The fraction of sp³-hybridized carbons (Fsp3) is 0.429. The minimum Gasteiger partial charge on any atom is -0.298 e. The zero-order chi connectivity index (χ0) is 13.3. The molecule has 2 atom stereocenters. The number of nitriles is 1. The molecule has 2 unspecified atom stereocenters. The fourth-order valence-electron chi connectivity index (χ4n) is 2.12. The Morgan fingerprint density at radius 3 is 2.78 bits per heavy atom. The summed E-state index contributed by atoms with van der Waals surface area (Å²) < 4.78 is 13.8. The van der Waals surface area contributed by atoms with E-state index in [1.54, 1.807) is 6.07 Å². The first-order valence-electron chi connectivity index (χ1n) is 5.93. The molecular formula is C14H13ClFNO. The van der Waals surface area contributed by atoms with Crippen molar-refractivity contribution in [2.75, 3.05) is 0 Å². The standard InChI is InChI=1S/C14H13ClFNO/c1-8(9-5-6-9)14(18)11(7-17)10-3-2-4-12(15)13(10)16/h2-4,8-9,11H,5-6H2,1H3. The highest BCUT2D eigenvalue weighted by Gasteiger charge is 2.37. The molecule has 0 heterocycles. The van der Waals surface area contributed by atoms with Crippen LogP contribution in [0.2, 0.25) is 5.02 Å². The molecule has 1 aliphatic rings. The lowest BCUT2D eigenvalue weighted by molar-refractivity contribution is -0.123. The van der Waals surface area contributed by atoms with E-state index in [1.807, 2.05) is 13.0 Å². The normalized spacial score (nSPS) is 17.9. The van der Waals surface area contributed by atoms with Gasteiger partial charge in [-0.1, -0.05) is 30.7 Å². The first kappa shape index (κ1) is 13.0. The van der Waals surface area contributed by atoms with Crippen molar-refractivity contribution in [3.63, 3.8) is 0 Å². The summed E-state index contributed by atoms with van der Waals surface area (Å²) in [6.45, 7) is 1.81. The van der Waals surface area contributed by atoms with Gasteiger partial charge in [-0.05, 0) is 24.8 Å². The summed E-state index contributed by atoms with van der Waals surface area (Å²) in [5, 5.41) is 9.08. The number of nitrogens with zero attached hydrogens (tertiary/aromatic N) is 1. The second-order valence-corrected chi connectivity index (χ2v) is 5.14. The molecular weight excluding hydrogens is 253 g/mol. The van der Waals surface area contributed by atoms with E-state index in [2.05, 4.69) is 0 Å². The van der Waals surface area contributed by atoms with Gasteiger partial charge in [0.05, 0.1) is 11.1 Å². The van der Waals surface area contributed by atoms with E-state index in [0.717, 1.165) is 12.8 Å². The summed E-state index contributed by atoms with van der Waals surface area (Å²) in [7, 11) is 0. The minimum atomic E-state index is -1.06. The predicted molar refractivity (Wildman–Crippen MR) is 66.7 cm³/mol. The van der Waals surface area contributed by atoms with Crippen LogP contribution in [0, 0.1) is 29.0 Å². The number of halogens is 2. The Hall–Kier alpha value is -1.40. The molecule has 18 heavy (non-hydrogen) atoms. The van der Waals surface area contributed by atoms with Gasteiger partial charge in [-0.25, -0.2) is 4.39 Å². The molecule has 1 saturated carbocycles. The molecule has 1 aromatic rings. The first-order chi connectivity index (χ1) is 8.56. The highest BCUT2D eigenvalue weighted by molar-refractivity contribution is 6.30. The molecule has 94 valence electrons. The zero-order valence-electron chi connectivity index (χ0n) is 9.99. The minimum absolute atomic E-state index is 0.0559. The molecule has 4 heteroatoms. The second kappa shape index (κ2) is 5.07. The highest BCUT2D eigenvalue weighted by atomic mass is 35.5. The van der Waals surface area contributed by atoms with Crippen LogP contribution >= 0.6 is 11.6 Å². The van der Waals surface area contributed by atoms with Gasteiger partial charge in [0.15, 0.2) is 5.78 Å². The molecule has 0 bridgehead atoms. The van der Waals surface area contributed by atoms with Crippen molar-refractivity contribution in [3.8, 4) is 6.07 Å². The van der Waals surface area contributed by atoms with Gasteiger partial charge in [-0.2, -0.15) is 5.26 Å². The quantitative estimate of drug-likeness (QED) is 0.833. The van der Waals surface area contributed by atoms with Crippen molar-refractivity contribution in [2.45, 2.75) is 25.7 Å². The monoisotopic (exact) mass is 265 g/mol. The Labute approximate surface area is 110 Å². The predicted octanol–water partition coefficient (Wildman–Crippen LogP) is 3.70. The topological polar surface area (TPSA) is 40.9 Å². The van der Waals surface area contributed by atoms with Crippen LogP contribution in [0.15, 0.2) is 18.2 Å². The largest absolute Gasteiger partial charge is 0.298 e. The summed E-state index contributed by atoms with van der Waals surface area (Å²) in [6, 6.07) is 6.31. The van der Waals surface area contributed by atoms with Gasteiger partial charge in [-0.15, -0.1) is 0 Å².